The molecule has 5 rings (SSSR count). The predicted octanol–water partition coefficient (Wildman–Crippen LogP) is 1.27. The lowest BCUT2D eigenvalue weighted by Crippen LogP contribution is -2.44. The Morgan fingerprint density at radius 1 is 1.13 bits per heavy atom. The van der Waals surface area contributed by atoms with Gasteiger partial charge in [-0.05, 0) is 25.1 Å². The number of aryl methyl sites for hydroxylation is 1. The molecule has 1 aliphatic heterocycles. The average Bonchev–Trinajstić information content (AvgIpc) is 3.14. The molecule has 1 saturated heterocycles. The topological polar surface area (TPSA) is 89.1 Å². The molecule has 4 aromatic heterocycles. The molecule has 0 aliphatic carbocycles. The Bertz CT molecular complexity index is 1320. The van der Waals surface area contributed by atoms with Crippen LogP contribution in [0.5, 0.6) is 5.88 Å². The highest BCUT2D eigenvalue weighted by molar-refractivity contribution is 5.64. The highest BCUT2D eigenvalue weighted by Crippen LogP contribution is 2.29. The van der Waals surface area contributed by atoms with Crippen LogP contribution in [0, 0.1) is 12.7 Å². The molecule has 0 radical (unpaired) electrons. The quantitative estimate of drug-likeness (QED) is 0.545. The Morgan fingerprint density at radius 3 is 2.70 bits per heavy atom. The van der Waals surface area contributed by atoms with Gasteiger partial charge in [-0.25, -0.2) is 23.6 Å². The first-order valence-electron chi connectivity index (χ1n) is 9.64. The summed E-state index contributed by atoms with van der Waals surface area (Å²) >= 11 is 0. The minimum atomic E-state index is -0.536. The number of fused-ring (bicyclic) bond motifs is 2. The first-order valence-corrected chi connectivity index (χ1v) is 9.64. The molecule has 10 heteroatoms. The second-order valence-electron chi connectivity index (χ2n) is 7.18. The SMILES string of the molecule is COc1c(N2CCNCC2)ccc2nc(-c3cc(F)c4nc(C)cn4c3)nc(=O)n12. The van der Waals surface area contributed by atoms with Crippen molar-refractivity contribution in [1.29, 1.82) is 0 Å². The van der Waals surface area contributed by atoms with Gasteiger partial charge in [0.25, 0.3) is 0 Å². The van der Waals surface area contributed by atoms with Gasteiger partial charge in [-0.2, -0.15) is 4.98 Å². The van der Waals surface area contributed by atoms with Gasteiger partial charge in [0.15, 0.2) is 17.3 Å². The van der Waals surface area contributed by atoms with Gasteiger partial charge in [0.05, 0.1) is 18.5 Å². The molecule has 0 amide bonds. The van der Waals surface area contributed by atoms with Crippen LogP contribution in [0.25, 0.3) is 22.7 Å². The molecule has 154 valence electrons. The van der Waals surface area contributed by atoms with E-state index in [0.29, 0.717) is 22.8 Å². The van der Waals surface area contributed by atoms with Crippen LogP contribution in [0.4, 0.5) is 10.1 Å². The van der Waals surface area contributed by atoms with Gasteiger partial charge < -0.3 is 19.4 Å². The Morgan fingerprint density at radius 2 is 1.93 bits per heavy atom. The monoisotopic (exact) mass is 409 g/mol. The van der Waals surface area contributed by atoms with Gasteiger partial charge in [0.1, 0.15) is 5.65 Å². The molecule has 0 atom stereocenters. The van der Waals surface area contributed by atoms with Crippen molar-refractivity contribution in [2.45, 2.75) is 6.92 Å². The number of anilines is 1. The summed E-state index contributed by atoms with van der Waals surface area (Å²) in [6.07, 6.45) is 3.37. The molecule has 0 aromatic carbocycles. The highest BCUT2D eigenvalue weighted by atomic mass is 19.1. The first-order chi connectivity index (χ1) is 14.5. The largest absolute Gasteiger partial charge is 0.480 e. The molecule has 0 spiro atoms. The van der Waals surface area contributed by atoms with Crippen LogP contribution in [0.15, 0.2) is 35.4 Å². The number of ether oxygens (including phenoxy) is 1. The first kappa shape index (κ1) is 18.5. The van der Waals surface area contributed by atoms with Gasteiger partial charge in [0.2, 0.25) is 5.88 Å². The lowest BCUT2D eigenvalue weighted by Gasteiger charge is -2.30. The fraction of sp³-hybridized carbons (Fsp3) is 0.300. The predicted molar refractivity (Wildman–Crippen MR) is 110 cm³/mol. The highest BCUT2D eigenvalue weighted by Gasteiger charge is 2.20. The van der Waals surface area contributed by atoms with E-state index >= 15 is 0 Å². The number of hydrogen-bond acceptors (Lipinski definition) is 7. The third-order valence-corrected chi connectivity index (χ3v) is 5.19. The van der Waals surface area contributed by atoms with E-state index in [1.807, 2.05) is 6.07 Å². The zero-order valence-corrected chi connectivity index (χ0v) is 16.6. The van der Waals surface area contributed by atoms with E-state index < -0.39 is 11.5 Å². The molecule has 9 nitrogen and oxygen atoms in total. The Labute approximate surface area is 170 Å². The summed E-state index contributed by atoms with van der Waals surface area (Å²) in [5.41, 5.74) is 1.95. The standard InChI is InChI=1S/C20H20FN7O2/c1-12-10-27-11-13(9-14(21)18(27)23-12)17-24-16-4-3-15(26-7-5-22-6-8-26)19(30-2)28(16)20(29)25-17/h3-4,9-11,22H,5-8H2,1-2H3. The van der Waals surface area contributed by atoms with Crippen LogP contribution in [-0.4, -0.2) is 57.0 Å². The van der Waals surface area contributed by atoms with Crippen LogP contribution in [0.2, 0.25) is 0 Å². The molecule has 0 saturated carbocycles. The zero-order chi connectivity index (χ0) is 20.8. The fourth-order valence-corrected chi connectivity index (χ4v) is 3.84. The van der Waals surface area contributed by atoms with Crippen LogP contribution < -0.4 is 20.6 Å². The van der Waals surface area contributed by atoms with Gasteiger partial charge in [-0.15, -0.1) is 0 Å². The number of piperazine rings is 1. The Hall–Kier alpha value is -3.53. The molecule has 4 aromatic rings. The molecule has 1 fully saturated rings. The summed E-state index contributed by atoms with van der Waals surface area (Å²) in [7, 11) is 1.52. The van der Waals surface area contributed by atoms with Gasteiger partial charge in [0, 0.05) is 44.1 Å². The third-order valence-electron chi connectivity index (χ3n) is 5.19. The van der Waals surface area contributed by atoms with E-state index in [1.54, 1.807) is 29.8 Å². The minimum Gasteiger partial charge on any atom is -0.480 e. The van der Waals surface area contributed by atoms with Crippen molar-refractivity contribution in [3.63, 3.8) is 0 Å². The summed E-state index contributed by atoms with van der Waals surface area (Å²) in [4.78, 5) is 27.8. The molecular formula is C20H20FN7O2. The van der Waals surface area contributed by atoms with Crippen molar-refractivity contribution in [3.8, 4) is 17.3 Å². The van der Waals surface area contributed by atoms with E-state index in [2.05, 4.69) is 25.2 Å². The summed E-state index contributed by atoms with van der Waals surface area (Å²) in [5, 5.41) is 3.30. The molecule has 30 heavy (non-hydrogen) atoms. The maximum absolute atomic E-state index is 14.5. The summed E-state index contributed by atoms with van der Waals surface area (Å²) in [5.74, 6) is 0.0259. The van der Waals surface area contributed by atoms with Gasteiger partial charge in [-0.3, -0.25) is 0 Å². The van der Waals surface area contributed by atoms with E-state index in [-0.39, 0.29) is 11.5 Å². The zero-order valence-electron chi connectivity index (χ0n) is 16.6. The molecule has 0 unspecified atom stereocenters. The maximum atomic E-state index is 14.5. The number of aromatic nitrogens is 5. The molecule has 1 aliphatic rings. The van der Waals surface area contributed by atoms with E-state index in [0.717, 1.165) is 31.9 Å². The van der Waals surface area contributed by atoms with E-state index in [1.165, 1.54) is 17.6 Å². The van der Waals surface area contributed by atoms with E-state index in [9.17, 15) is 9.18 Å². The molecule has 1 N–H and O–H groups in total. The van der Waals surface area contributed by atoms with Crippen molar-refractivity contribution in [2.24, 2.45) is 0 Å². The van der Waals surface area contributed by atoms with Crippen LogP contribution >= 0.6 is 0 Å². The molecule has 5 heterocycles. The van der Waals surface area contributed by atoms with Gasteiger partial charge in [-0.1, -0.05) is 0 Å². The van der Waals surface area contributed by atoms with E-state index in [4.69, 9.17) is 4.74 Å². The number of methoxy groups -OCH3 is 1. The molecular weight excluding hydrogens is 389 g/mol. The average molecular weight is 409 g/mol. The smallest absolute Gasteiger partial charge is 0.358 e. The second-order valence-corrected chi connectivity index (χ2v) is 7.18. The minimum absolute atomic E-state index is 0.143. The van der Waals surface area contributed by atoms with Crippen molar-refractivity contribution in [1.82, 2.24) is 29.1 Å². The van der Waals surface area contributed by atoms with Crippen LogP contribution in [-0.2, 0) is 0 Å². The van der Waals surface area contributed by atoms with Crippen LogP contribution in [0.1, 0.15) is 5.69 Å². The number of pyridine rings is 2. The van der Waals surface area contributed by atoms with Crippen LogP contribution in [0.3, 0.4) is 0 Å². The normalized spacial score (nSPS) is 14.6. The number of hydrogen-bond donors (Lipinski definition) is 1. The second kappa shape index (κ2) is 7.06. The lowest BCUT2D eigenvalue weighted by molar-refractivity contribution is 0.387. The number of nitrogens with zero attached hydrogens (tertiary/aromatic N) is 6. The maximum Gasteiger partial charge on any atom is 0.358 e. The number of nitrogens with one attached hydrogen (secondary N) is 1. The van der Waals surface area contributed by atoms with Crippen molar-refractivity contribution in [3.05, 3.63) is 52.6 Å². The van der Waals surface area contributed by atoms with Crippen molar-refractivity contribution < 1.29 is 9.13 Å². The lowest BCUT2D eigenvalue weighted by atomic mass is 10.2. The summed E-state index contributed by atoms with van der Waals surface area (Å²) in [6.45, 7) is 5.10. The fourth-order valence-electron chi connectivity index (χ4n) is 3.84. The van der Waals surface area contributed by atoms with Crippen molar-refractivity contribution in [2.75, 3.05) is 38.2 Å². The Kier molecular flexibility index (Phi) is 4.35. The molecule has 0 bridgehead atoms. The third kappa shape index (κ3) is 2.96. The van der Waals surface area contributed by atoms with Gasteiger partial charge >= 0.3 is 5.69 Å². The number of imidazole rings is 1. The van der Waals surface area contributed by atoms with Crippen molar-refractivity contribution >= 4 is 17.0 Å². The summed E-state index contributed by atoms with van der Waals surface area (Å²) < 4.78 is 23.0. The Balaban J connectivity index is 1.67. The summed E-state index contributed by atoms with van der Waals surface area (Å²) in [6, 6.07) is 4.93. The number of rotatable bonds is 3. The number of halogens is 1.